The van der Waals surface area contributed by atoms with Gasteiger partial charge in [-0.05, 0) is 70.9 Å². The van der Waals surface area contributed by atoms with Crippen molar-refractivity contribution >= 4 is 41.1 Å². The van der Waals surface area contributed by atoms with Crippen molar-refractivity contribution in [1.82, 2.24) is 29.7 Å². The number of rotatable bonds is 6. The van der Waals surface area contributed by atoms with Crippen molar-refractivity contribution in [1.29, 1.82) is 0 Å². The Balaban J connectivity index is 1.36. The molecule has 0 spiro atoms. The zero-order chi connectivity index (χ0) is 33.4. The highest BCUT2D eigenvalue weighted by atomic mass is 35.5. The third-order valence-electron chi connectivity index (χ3n) is 8.26. The third-order valence-corrected chi connectivity index (χ3v) is 9.07. The van der Waals surface area contributed by atoms with E-state index in [9.17, 15) is 14.4 Å². The van der Waals surface area contributed by atoms with Gasteiger partial charge in [0.15, 0.2) is 12.1 Å². The van der Waals surface area contributed by atoms with Crippen molar-refractivity contribution in [3.05, 3.63) is 63.8 Å². The molecule has 2 aliphatic heterocycles. The van der Waals surface area contributed by atoms with Crippen LogP contribution in [0.4, 0.5) is 4.79 Å². The molecule has 3 amide bonds. The largest absolute Gasteiger partial charge is 0.484 e. The van der Waals surface area contributed by atoms with Crippen LogP contribution in [0.3, 0.4) is 0 Å². The summed E-state index contributed by atoms with van der Waals surface area (Å²) >= 11 is 12.7. The van der Waals surface area contributed by atoms with E-state index in [-0.39, 0.29) is 37.6 Å². The molecule has 0 saturated carbocycles. The maximum absolute atomic E-state index is 14.6. The minimum absolute atomic E-state index is 0.0441. The summed E-state index contributed by atoms with van der Waals surface area (Å²) in [5, 5.41) is 9.44. The number of carbonyl (C=O) groups is 3. The number of aromatic nitrogens is 3. The normalized spacial score (nSPS) is 20.2. The van der Waals surface area contributed by atoms with E-state index in [1.165, 1.54) is 9.58 Å². The van der Waals surface area contributed by atoms with Crippen molar-refractivity contribution in [2.75, 3.05) is 39.3 Å². The van der Waals surface area contributed by atoms with Crippen LogP contribution < -0.4 is 4.74 Å². The number of halogens is 2. The number of amides is 3. The Morgan fingerprint density at radius 2 is 1.74 bits per heavy atom. The lowest BCUT2D eigenvalue weighted by Crippen LogP contribution is -2.62. The average Bonchev–Trinajstić information content (AvgIpc) is 3.65. The lowest BCUT2D eigenvalue weighted by Gasteiger charge is -2.43. The molecule has 246 valence electrons. The van der Waals surface area contributed by atoms with Crippen LogP contribution in [-0.4, -0.2) is 98.6 Å². The zero-order valence-electron chi connectivity index (χ0n) is 27.0. The number of ether oxygens (including phenoxy) is 2. The van der Waals surface area contributed by atoms with Crippen molar-refractivity contribution in [3.63, 3.8) is 0 Å². The second-order valence-corrected chi connectivity index (χ2v) is 13.9. The first kappa shape index (κ1) is 33.5. The predicted molar refractivity (Wildman–Crippen MR) is 175 cm³/mol. The molecule has 11 nitrogen and oxygen atoms in total. The van der Waals surface area contributed by atoms with Gasteiger partial charge < -0.3 is 24.2 Å². The number of benzene rings is 2. The van der Waals surface area contributed by atoms with Gasteiger partial charge in [-0.1, -0.05) is 46.6 Å². The summed E-state index contributed by atoms with van der Waals surface area (Å²) in [5.41, 5.74) is 1.19. The summed E-state index contributed by atoms with van der Waals surface area (Å²) in [5.74, 6) is 0.291. The van der Waals surface area contributed by atoms with Crippen LogP contribution in [0.2, 0.25) is 10.0 Å². The molecule has 2 aliphatic rings. The van der Waals surface area contributed by atoms with E-state index >= 15 is 0 Å². The second kappa shape index (κ2) is 13.1. The first-order chi connectivity index (χ1) is 21.7. The van der Waals surface area contributed by atoms with E-state index in [1.807, 2.05) is 39.0 Å². The molecule has 0 aliphatic carbocycles. The predicted octanol–water partition coefficient (Wildman–Crippen LogP) is 5.34. The Hall–Kier alpha value is -3.83. The van der Waals surface area contributed by atoms with Crippen molar-refractivity contribution in [3.8, 4) is 17.0 Å². The van der Waals surface area contributed by atoms with E-state index in [2.05, 4.69) is 10.3 Å². The van der Waals surface area contributed by atoms with Crippen LogP contribution in [0.15, 0.2) is 42.6 Å². The summed E-state index contributed by atoms with van der Waals surface area (Å²) in [6, 6.07) is 10.8. The highest BCUT2D eigenvalue weighted by Gasteiger charge is 2.52. The maximum Gasteiger partial charge on any atom is 0.410 e. The number of hydrogen-bond acceptors (Lipinski definition) is 7. The summed E-state index contributed by atoms with van der Waals surface area (Å²) < 4.78 is 13.0. The molecule has 2 aromatic carbocycles. The Bertz CT molecular complexity index is 1620. The number of nitrogens with zero attached hydrogens (tertiary/aromatic N) is 6. The molecule has 2 fully saturated rings. The van der Waals surface area contributed by atoms with Gasteiger partial charge in [-0.2, -0.15) is 0 Å². The lowest BCUT2D eigenvalue weighted by molar-refractivity contribution is -0.150. The summed E-state index contributed by atoms with van der Waals surface area (Å²) in [7, 11) is 0. The van der Waals surface area contributed by atoms with E-state index in [0.29, 0.717) is 53.1 Å². The molecular weight excluding hydrogens is 631 g/mol. The molecule has 0 radical (unpaired) electrons. The first-order valence-corrected chi connectivity index (χ1v) is 16.1. The van der Waals surface area contributed by atoms with Crippen molar-refractivity contribution < 1.29 is 23.9 Å². The zero-order valence-corrected chi connectivity index (χ0v) is 28.6. The van der Waals surface area contributed by atoms with Gasteiger partial charge in [-0.15, -0.1) is 5.10 Å². The van der Waals surface area contributed by atoms with E-state index < -0.39 is 17.2 Å². The van der Waals surface area contributed by atoms with Gasteiger partial charge in [0.2, 0.25) is 0 Å². The maximum atomic E-state index is 14.6. The van der Waals surface area contributed by atoms with Crippen LogP contribution in [0.5, 0.6) is 5.75 Å². The Morgan fingerprint density at radius 1 is 1.02 bits per heavy atom. The molecule has 0 N–H and O–H groups in total. The van der Waals surface area contributed by atoms with E-state index in [4.69, 9.17) is 32.7 Å². The highest BCUT2D eigenvalue weighted by Crippen LogP contribution is 2.36. The third kappa shape index (κ3) is 7.10. The Morgan fingerprint density at radius 3 is 2.41 bits per heavy atom. The van der Waals surface area contributed by atoms with Gasteiger partial charge in [0.25, 0.3) is 11.8 Å². The van der Waals surface area contributed by atoms with Gasteiger partial charge in [-0.25, -0.2) is 9.48 Å². The Kier molecular flexibility index (Phi) is 9.56. The number of carbonyl (C=O) groups excluding carboxylic acids is 3. The molecule has 46 heavy (non-hydrogen) atoms. The molecule has 5 rings (SSSR count). The quantitative estimate of drug-likeness (QED) is 0.348. The van der Waals surface area contributed by atoms with E-state index in [1.54, 1.807) is 55.0 Å². The van der Waals surface area contributed by atoms with Crippen LogP contribution in [0.1, 0.15) is 45.2 Å². The fourth-order valence-corrected chi connectivity index (χ4v) is 6.44. The molecule has 2 saturated heterocycles. The highest BCUT2D eigenvalue weighted by molar-refractivity contribution is 6.43. The molecule has 0 bridgehead atoms. The van der Waals surface area contributed by atoms with E-state index in [0.717, 1.165) is 11.1 Å². The van der Waals surface area contributed by atoms with Gasteiger partial charge in [0.05, 0.1) is 22.8 Å². The molecule has 1 unspecified atom stereocenters. The Labute approximate surface area is 279 Å². The molecule has 3 aromatic rings. The van der Waals surface area contributed by atoms with Crippen LogP contribution in [0.25, 0.3) is 11.3 Å². The van der Waals surface area contributed by atoms with Gasteiger partial charge in [0, 0.05) is 44.2 Å². The van der Waals surface area contributed by atoms with Crippen molar-refractivity contribution in [2.45, 2.75) is 65.1 Å². The molecule has 2 atom stereocenters. The number of hydrogen-bond donors (Lipinski definition) is 0. The number of aryl methyl sites for hydroxylation is 2. The van der Waals surface area contributed by atoms with Crippen molar-refractivity contribution in [2.24, 2.45) is 0 Å². The minimum Gasteiger partial charge on any atom is -0.484 e. The second-order valence-electron chi connectivity index (χ2n) is 13.1. The average molecular weight is 672 g/mol. The number of piperazine rings is 1. The first-order valence-electron chi connectivity index (χ1n) is 15.3. The van der Waals surface area contributed by atoms with Crippen LogP contribution in [-0.2, 0) is 19.9 Å². The van der Waals surface area contributed by atoms with Gasteiger partial charge >= 0.3 is 6.09 Å². The summed E-state index contributed by atoms with van der Waals surface area (Å²) in [6.45, 7) is 12.5. The van der Waals surface area contributed by atoms with Crippen LogP contribution in [0, 0.1) is 13.8 Å². The standard InChI is InChI=1S/C33H40Cl2N6O5/c1-21-14-22(2)16-24(15-21)45-19-28(42)38-12-13-40(23(3)17-38)30(43)33(10-11-39(20-33)31(44)46-32(4,5)6)41-18-27(36-37-41)25-8-7-9-26(34)29(25)35/h7-9,14-16,18,23H,10-13,17,19-20H2,1-6H3/t23-,33?/m1/s1. The minimum atomic E-state index is -1.25. The topological polar surface area (TPSA) is 110 Å². The van der Waals surface area contributed by atoms with Crippen LogP contribution >= 0.6 is 23.2 Å². The molecule has 1 aromatic heterocycles. The fourth-order valence-electron chi connectivity index (χ4n) is 6.04. The fraction of sp³-hybridized carbons (Fsp3) is 0.485. The van der Waals surface area contributed by atoms with Gasteiger partial charge in [0.1, 0.15) is 17.0 Å². The smallest absolute Gasteiger partial charge is 0.410 e. The number of likely N-dealkylation sites (tertiary alicyclic amines) is 1. The monoisotopic (exact) mass is 670 g/mol. The molecule has 3 heterocycles. The SMILES string of the molecule is Cc1cc(C)cc(OCC(=O)N2CCN(C(=O)C3(n4cc(-c5cccc(Cl)c5Cl)nn4)CCN(C(=O)OC(C)(C)C)C3)[C@H](C)C2)c1. The molecular formula is C33H40Cl2N6O5. The van der Waals surface area contributed by atoms with Gasteiger partial charge in [-0.3, -0.25) is 9.59 Å². The lowest BCUT2D eigenvalue weighted by atomic mass is 9.95. The summed E-state index contributed by atoms with van der Waals surface area (Å²) in [6.07, 6.45) is 1.46. The summed E-state index contributed by atoms with van der Waals surface area (Å²) in [4.78, 5) is 45.8. The molecule has 13 heteroatoms.